The summed E-state index contributed by atoms with van der Waals surface area (Å²) in [5.74, 6) is 0.278. The van der Waals surface area contributed by atoms with Crippen molar-refractivity contribution in [2.45, 2.75) is 26.2 Å². The van der Waals surface area contributed by atoms with E-state index in [-0.39, 0.29) is 18.9 Å². The van der Waals surface area contributed by atoms with Crippen molar-refractivity contribution < 1.29 is 9.53 Å². The van der Waals surface area contributed by atoms with Crippen LogP contribution in [0.4, 0.5) is 5.13 Å². The third-order valence-electron chi connectivity index (χ3n) is 2.68. The molecule has 118 valence electrons. The van der Waals surface area contributed by atoms with E-state index in [1.54, 1.807) is 18.2 Å². The summed E-state index contributed by atoms with van der Waals surface area (Å²) >= 11 is 13.3. The highest BCUT2D eigenvalue weighted by atomic mass is 35.5. The molecule has 22 heavy (non-hydrogen) atoms. The molecule has 0 aliphatic rings. The first-order valence-corrected chi connectivity index (χ1v) is 8.36. The van der Waals surface area contributed by atoms with Crippen molar-refractivity contribution in [3.05, 3.63) is 33.3 Å². The van der Waals surface area contributed by atoms with Crippen LogP contribution in [-0.2, 0) is 11.2 Å². The first-order valence-electron chi connectivity index (χ1n) is 6.79. The fourth-order valence-corrected chi connectivity index (χ4v) is 2.85. The van der Waals surface area contributed by atoms with Gasteiger partial charge in [0, 0.05) is 6.42 Å². The predicted octanol–water partition coefficient (Wildman–Crippen LogP) is 4.21. The maximum absolute atomic E-state index is 11.8. The lowest BCUT2D eigenvalue weighted by Crippen LogP contribution is -2.15. The van der Waals surface area contributed by atoms with Gasteiger partial charge in [-0.1, -0.05) is 47.5 Å². The molecule has 0 unspecified atom stereocenters. The smallest absolute Gasteiger partial charge is 0.229 e. The molecule has 0 aliphatic carbocycles. The molecule has 2 aromatic rings. The number of carbonyl (C=O) groups excluding carboxylic acids is 1. The van der Waals surface area contributed by atoms with E-state index in [1.807, 2.05) is 0 Å². The standard InChI is InChI=1S/C14H15Cl2N3O2S/c1-2-4-12-18-19-14(22-12)17-11(20)7-8-21-10-6-3-5-9(15)13(10)16/h3,5-6H,2,4,7-8H2,1H3,(H,17,19,20). The fraction of sp³-hybridized carbons (Fsp3) is 0.357. The molecule has 2 rings (SSSR count). The van der Waals surface area contributed by atoms with Crippen molar-refractivity contribution >= 4 is 45.6 Å². The van der Waals surface area contributed by atoms with Crippen LogP contribution in [-0.4, -0.2) is 22.7 Å². The van der Waals surface area contributed by atoms with E-state index < -0.39 is 0 Å². The second-order valence-electron chi connectivity index (χ2n) is 4.45. The van der Waals surface area contributed by atoms with Crippen LogP contribution in [0.3, 0.4) is 0 Å². The van der Waals surface area contributed by atoms with Crippen molar-refractivity contribution in [2.24, 2.45) is 0 Å². The third-order valence-corrected chi connectivity index (χ3v) is 4.38. The number of nitrogens with one attached hydrogen (secondary N) is 1. The van der Waals surface area contributed by atoms with Gasteiger partial charge in [0.1, 0.15) is 15.8 Å². The Balaban J connectivity index is 1.79. The molecule has 0 saturated carbocycles. The minimum Gasteiger partial charge on any atom is -0.491 e. The normalized spacial score (nSPS) is 10.5. The Hall–Kier alpha value is -1.37. The number of benzene rings is 1. The summed E-state index contributed by atoms with van der Waals surface area (Å²) < 4.78 is 5.46. The molecule has 0 saturated heterocycles. The number of halogens is 2. The largest absolute Gasteiger partial charge is 0.491 e. The SMILES string of the molecule is CCCc1nnc(NC(=O)CCOc2cccc(Cl)c2Cl)s1. The highest BCUT2D eigenvalue weighted by Gasteiger charge is 2.09. The summed E-state index contributed by atoms with van der Waals surface area (Å²) in [6.45, 7) is 2.27. The van der Waals surface area contributed by atoms with Gasteiger partial charge in [-0.15, -0.1) is 10.2 Å². The molecule has 5 nitrogen and oxygen atoms in total. The molecular formula is C14H15Cl2N3O2S. The van der Waals surface area contributed by atoms with Gasteiger partial charge in [0.25, 0.3) is 0 Å². The Morgan fingerprint density at radius 3 is 2.95 bits per heavy atom. The van der Waals surface area contributed by atoms with Crippen LogP contribution in [0.1, 0.15) is 24.8 Å². The van der Waals surface area contributed by atoms with Crippen LogP contribution in [0.15, 0.2) is 18.2 Å². The monoisotopic (exact) mass is 359 g/mol. The van der Waals surface area contributed by atoms with E-state index in [9.17, 15) is 4.79 Å². The third kappa shape index (κ3) is 4.83. The minimum atomic E-state index is -0.183. The first kappa shape index (κ1) is 17.0. The zero-order valence-corrected chi connectivity index (χ0v) is 14.3. The number of aromatic nitrogens is 2. The van der Waals surface area contributed by atoms with Crippen molar-refractivity contribution in [3.8, 4) is 5.75 Å². The highest BCUT2D eigenvalue weighted by molar-refractivity contribution is 7.15. The van der Waals surface area contributed by atoms with Crippen molar-refractivity contribution in [2.75, 3.05) is 11.9 Å². The van der Waals surface area contributed by atoms with Gasteiger partial charge in [-0.2, -0.15) is 0 Å². The van der Waals surface area contributed by atoms with E-state index in [1.165, 1.54) is 11.3 Å². The molecule has 1 aromatic heterocycles. The maximum Gasteiger partial charge on any atom is 0.229 e. The van der Waals surface area contributed by atoms with Gasteiger partial charge < -0.3 is 10.1 Å². The summed E-state index contributed by atoms with van der Waals surface area (Å²) in [4.78, 5) is 11.8. The van der Waals surface area contributed by atoms with Gasteiger partial charge in [-0.3, -0.25) is 4.79 Å². The van der Waals surface area contributed by atoms with Gasteiger partial charge in [-0.05, 0) is 18.6 Å². The molecule has 1 amide bonds. The van der Waals surface area contributed by atoms with Gasteiger partial charge >= 0.3 is 0 Å². The van der Waals surface area contributed by atoms with Crippen LogP contribution >= 0.6 is 34.5 Å². The number of amides is 1. The number of nitrogens with zero attached hydrogens (tertiary/aromatic N) is 2. The Kier molecular flexibility index (Phi) is 6.42. The molecular weight excluding hydrogens is 345 g/mol. The molecule has 0 bridgehead atoms. The van der Waals surface area contributed by atoms with E-state index in [4.69, 9.17) is 27.9 Å². The zero-order chi connectivity index (χ0) is 15.9. The number of ether oxygens (including phenoxy) is 1. The quantitative estimate of drug-likeness (QED) is 0.804. The van der Waals surface area contributed by atoms with Crippen LogP contribution in [0.25, 0.3) is 0 Å². The Bertz CT molecular complexity index is 649. The van der Waals surface area contributed by atoms with E-state index >= 15 is 0 Å². The topological polar surface area (TPSA) is 64.1 Å². The lowest BCUT2D eigenvalue weighted by molar-refractivity contribution is -0.116. The summed E-state index contributed by atoms with van der Waals surface area (Å²) in [5, 5.41) is 12.8. The number of hydrogen-bond acceptors (Lipinski definition) is 5. The number of carbonyl (C=O) groups is 1. The molecule has 1 N–H and O–H groups in total. The Labute approximate surface area is 142 Å². The predicted molar refractivity (Wildman–Crippen MR) is 89.1 cm³/mol. The summed E-state index contributed by atoms with van der Waals surface area (Å²) in [5.41, 5.74) is 0. The fourth-order valence-electron chi connectivity index (χ4n) is 1.65. The van der Waals surface area contributed by atoms with E-state index in [2.05, 4.69) is 22.4 Å². The lowest BCUT2D eigenvalue weighted by Gasteiger charge is -2.08. The molecule has 1 heterocycles. The van der Waals surface area contributed by atoms with Gasteiger partial charge in [-0.25, -0.2) is 0 Å². The van der Waals surface area contributed by atoms with Gasteiger partial charge in [0.05, 0.1) is 18.1 Å². The van der Waals surface area contributed by atoms with Crippen LogP contribution in [0.2, 0.25) is 10.0 Å². The van der Waals surface area contributed by atoms with Gasteiger partial charge in [0.15, 0.2) is 0 Å². The zero-order valence-electron chi connectivity index (χ0n) is 11.9. The van der Waals surface area contributed by atoms with Crippen LogP contribution in [0, 0.1) is 0 Å². The summed E-state index contributed by atoms with van der Waals surface area (Å²) in [7, 11) is 0. The van der Waals surface area contributed by atoms with E-state index in [0.29, 0.717) is 20.9 Å². The highest BCUT2D eigenvalue weighted by Crippen LogP contribution is 2.31. The second-order valence-corrected chi connectivity index (χ2v) is 6.30. The van der Waals surface area contributed by atoms with Crippen molar-refractivity contribution in [1.82, 2.24) is 10.2 Å². The molecule has 0 spiro atoms. The number of hydrogen-bond donors (Lipinski definition) is 1. The van der Waals surface area contributed by atoms with Crippen LogP contribution in [0.5, 0.6) is 5.75 Å². The molecule has 0 fully saturated rings. The average Bonchev–Trinajstić information content (AvgIpc) is 2.91. The minimum absolute atomic E-state index is 0.183. The molecule has 0 aliphatic heterocycles. The number of anilines is 1. The van der Waals surface area contributed by atoms with Gasteiger partial charge in [0.2, 0.25) is 11.0 Å². The molecule has 0 radical (unpaired) electrons. The Morgan fingerprint density at radius 2 is 2.18 bits per heavy atom. The molecule has 1 aromatic carbocycles. The average molecular weight is 360 g/mol. The Morgan fingerprint density at radius 1 is 1.36 bits per heavy atom. The summed E-state index contributed by atoms with van der Waals surface area (Å²) in [6.07, 6.45) is 2.05. The summed E-state index contributed by atoms with van der Waals surface area (Å²) in [6, 6.07) is 5.11. The van der Waals surface area contributed by atoms with Crippen molar-refractivity contribution in [1.29, 1.82) is 0 Å². The maximum atomic E-state index is 11.8. The van der Waals surface area contributed by atoms with E-state index in [0.717, 1.165) is 17.8 Å². The first-order chi connectivity index (χ1) is 10.6. The molecule has 8 heteroatoms. The lowest BCUT2D eigenvalue weighted by atomic mass is 10.3. The number of aryl methyl sites for hydroxylation is 1. The van der Waals surface area contributed by atoms with Crippen LogP contribution < -0.4 is 10.1 Å². The second kappa shape index (κ2) is 8.31. The molecule has 0 atom stereocenters. The van der Waals surface area contributed by atoms with Crippen molar-refractivity contribution in [3.63, 3.8) is 0 Å². The number of rotatable bonds is 7.